The number of carbonyl (C=O) groups is 1. The maximum atomic E-state index is 10.9. The van der Waals surface area contributed by atoms with Gasteiger partial charge in [0.2, 0.25) is 0 Å². The van der Waals surface area contributed by atoms with Gasteiger partial charge in [-0.25, -0.2) is 4.79 Å². The second-order valence-corrected chi connectivity index (χ2v) is 4.32. The summed E-state index contributed by atoms with van der Waals surface area (Å²) in [6, 6.07) is 3.79. The summed E-state index contributed by atoms with van der Waals surface area (Å²) in [5.41, 5.74) is 0.332. The fourth-order valence-electron chi connectivity index (χ4n) is 1.85. The van der Waals surface area contributed by atoms with Crippen LogP contribution in [0.15, 0.2) is 18.2 Å². The number of rotatable bonds is 6. The molecule has 2 rings (SSSR count). The van der Waals surface area contributed by atoms with E-state index < -0.39 is 10.9 Å². The molecule has 7 heteroatoms. The molecule has 1 atom stereocenters. The third-order valence-corrected chi connectivity index (χ3v) is 3.00. The Kier molecular flexibility index (Phi) is 4.08. The summed E-state index contributed by atoms with van der Waals surface area (Å²) < 4.78 is 5.22. The van der Waals surface area contributed by atoms with Gasteiger partial charge in [0.15, 0.2) is 0 Å². The summed E-state index contributed by atoms with van der Waals surface area (Å²) in [6.45, 7) is 1.60. The van der Waals surface area contributed by atoms with Crippen molar-refractivity contribution >= 4 is 11.7 Å². The molecule has 7 nitrogen and oxygen atoms in total. The predicted octanol–water partition coefficient (Wildman–Crippen LogP) is 1.17. The average Bonchev–Trinajstić information content (AvgIpc) is 2.31. The van der Waals surface area contributed by atoms with Gasteiger partial charge in [0.05, 0.1) is 16.6 Å². The summed E-state index contributed by atoms with van der Waals surface area (Å²) in [7, 11) is 0. The Morgan fingerprint density at radius 1 is 1.58 bits per heavy atom. The van der Waals surface area contributed by atoms with Crippen molar-refractivity contribution in [2.45, 2.75) is 19.1 Å². The Labute approximate surface area is 109 Å². The molecule has 1 aromatic carbocycles. The fraction of sp³-hybridized carbons (Fsp3) is 0.417. The van der Waals surface area contributed by atoms with Crippen LogP contribution in [-0.2, 0) is 11.3 Å². The zero-order chi connectivity index (χ0) is 13.8. The zero-order valence-electron chi connectivity index (χ0n) is 10.2. The maximum absolute atomic E-state index is 10.9. The predicted molar refractivity (Wildman–Crippen MR) is 66.1 cm³/mol. The number of carboxylic acids is 1. The number of benzene rings is 1. The monoisotopic (exact) mass is 266 g/mol. The quantitative estimate of drug-likeness (QED) is 0.592. The number of hydrogen-bond acceptors (Lipinski definition) is 5. The van der Waals surface area contributed by atoms with Gasteiger partial charge in [0.1, 0.15) is 0 Å². The van der Waals surface area contributed by atoms with Crippen molar-refractivity contribution in [2.24, 2.45) is 0 Å². The van der Waals surface area contributed by atoms with Gasteiger partial charge >= 0.3 is 5.97 Å². The van der Waals surface area contributed by atoms with Crippen LogP contribution in [0.5, 0.6) is 0 Å². The molecule has 0 aliphatic carbocycles. The highest BCUT2D eigenvalue weighted by Gasteiger charge is 2.19. The normalized spacial score (nSPS) is 17.8. The molecule has 0 amide bonds. The van der Waals surface area contributed by atoms with E-state index in [0.717, 1.165) is 13.0 Å². The van der Waals surface area contributed by atoms with Crippen LogP contribution in [0, 0.1) is 10.1 Å². The van der Waals surface area contributed by atoms with Gasteiger partial charge in [-0.2, -0.15) is 0 Å². The Morgan fingerprint density at radius 2 is 2.32 bits per heavy atom. The smallest absolute Gasteiger partial charge is 0.335 e. The molecule has 0 saturated carbocycles. The van der Waals surface area contributed by atoms with Crippen molar-refractivity contribution in [1.29, 1.82) is 0 Å². The summed E-state index contributed by atoms with van der Waals surface area (Å²) in [5.74, 6) is -1.10. The summed E-state index contributed by atoms with van der Waals surface area (Å²) >= 11 is 0. The van der Waals surface area contributed by atoms with E-state index in [1.807, 2.05) is 0 Å². The molecule has 0 unspecified atom stereocenters. The number of nitro benzene ring substituents is 1. The third kappa shape index (κ3) is 3.27. The van der Waals surface area contributed by atoms with Crippen LogP contribution in [0.3, 0.4) is 0 Å². The lowest BCUT2D eigenvalue weighted by Crippen LogP contribution is -2.36. The van der Waals surface area contributed by atoms with E-state index in [-0.39, 0.29) is 23.9 Å². The highest BCUT2D eigenvalue weighted by Crippen LogP contribution is 2.20. The summed E-state index contributed by atoms with van der Waals surface area (Å²) in [6.07, 6.45) is 1.13. The molecule has 0 aromatic heterocycles. The Bertz CT molecular complexity index is 499. The number of ether oxygens (including phenoxy) is 1. The number of nitro groups is 1. The van der Waals surface area contributed by atoms with Crippen molar-refractivity contribution in [3.8, 4) is 0 Å². The first kappa shape index (κ1) is 13.4. The standard InChI is InChI=1S/C12H14N2O5/c15-12(16)8-1-2-11(14(17)18)9(5-8)6-13-7-10-3-4-19-10/h1-2,5,10,13H,3-4,6-7H2,(H,15,16)/t10-/m0/s1. The fourth-order valence-corrected chi connectivity index (χ4v) is 1.85. The van der Waals surface area contributed by atoms with Gasteiger partial charge < -0.3 is 15.2 Å². The average molecular weight is 266 g/mol. The van der Waals surface area contributed by atoms with Gasteiger partial charge in [-0.1, -0.05) is 0 Å². The highest BCUT2D eigenvalue weighted by atomic mass is 16.6. The molecule has 1 fully saturated rings. The lowest BCUT2D eigenvalue weighted by Gasteiger charge is -2.26. The number of nitrogens with one attached hydrogen (secondary N) is 1. The molecule has 1 aliphatic heterocycles. The second-order valence-electron chi connectivity index (χ2n) is 4.32. The van der Waals surface area contributed by atoms with Crippen LogP contribution in [0.2, 0.25) is 0 Å². The molecule has 0 spiro atoms. The topological polar surface area (TPSA) is 102 Å². The first-order chi connectivity index (χ1) is 9.08. The number of carboxylic acid groups (broad SMARTS) is 1. The van der Waals surface area contributed by atoms with E-state index in [1.165, 1.54) is 18.2 Å². The van der Waals surface area contributed by atoms with Crippen LogP contribution < -0.4 is 5.32 Å². The highest BCUT2D eigenvalue weighted by molar-refractivity contribution is 5.88. The largest absolute Gasteiger partial charge is 0.478 e. The van der Waals surface area contributed by atoms with E-state index in [2.05, 4.69) is 5.32 Å². The van der Waals surface area contributed by atoms with Gasteiger partial charge in [-0.15, -0.1) is 0 Å². The van der Waals surface area contributed by atoms with Gasteiger partial charge in [-0.05, 0) is 18.6 Å². The Balaban J connectivity index is 2.07. The molecule has 2 N–H and O–H groups in total. The van der Waals surface area contributed by atoms with E-state index in [1.54, 1.807) is 0 Å². The first-order valence-corrected chi connectivity index (χ1v) is 5.91. The van der Waals surface area contributed by atoms with Gasteiger partial charge in [0, 0.05) is 31.3 Å². The SMILES string of the molecule is O=C(O)c1ccc([N+](=O)[O-])c(CNC[C@@H]2CCO2)c1. The van der Waals surface area contributed by atoms with Crippen LogP contribution in [-0.4, -0.2) is 35.3 Å². The Hall–Kier alpha value is -1.99. The molecule has 102 valence electrons. The molecule has 0 bridgehead atoms. The molecular formula is C12H14N2O5. The molecule has 19 heavy (non-hydrogen) atoms. The van der Waals surface area contributed by atoms with E-state index >= 15 is 0 Å². The van der Waals surface area contributed by atoms with Crippen molar-refractivity contribution in [3.05, 3.63) is 39.4 Å². The van der Waals surface area contributed by atoms with Crippen LogP contribution >= 0.6 is 0 Å². The Morgan fingerprint density at radius 3 is 2.84 bits per heavy atom. The van der Waals surface area contributed by atoms with Gasteiger partial charge in [0.25, 0.3) is 5.69 Å². The molecule has 1 aliphatic rings. The van der Waals surface area contributed by atoms with E-state index in [9.17, 15) is 14.9 Å². The molecular weight excluding hydrogens is 252 g/mol. The van der Waals surface area contributed by atoms with Crippen LogP contribution in [0.1, 0.15) is 22.3 Å². The lowest BCUT2D eigenvalue weighted by atomic mass is 10.1. The van der Waals surface area contributed by atoms with E-state index in [0.29, 0.717) is 12.1 Å². The second kappa shape index (κ2) is 5.77. The summed E-state index contributed by atoms with van der Waals surface area (Å²) in [5, 5.41) is 22.8. The van der Waals surface area contributed by atoms with E-state index in [4.69, 9.17) is 9.84 Å². The van der Waals surface area contributed by atoms with Crippen molar-refractivity contribution in [3.63, 3.8) is 0 Å². The van der Waals surface area contributed by atoms with Crippen molar-refractivity contribution in [1.82, 2.24) is 5.32 Å². The first-order valence-electron chi connectivity index (χ1n) is 5.91. The van der Waals surface area contributed by atoms with Crippen LogP contribution in [0.4, 0.5) is 5.69 Å². The maximum Gasteiger partial charge on any atom is 0.335 e. The minimum Gasteiger partial charge on any atom is -0.478 e. The number of nitrogens with zero attached hydrogens (tertiary/aromatic N) is 1. The zero-order valence-corrected chi connectivity index (χ0v) is 10.2. The van der Waals surface area contributed by atoms with Gasteiger partial charge in [-0.3, -0.25) is 10.1 Å². The third-order valence-electron chi connectivity index (χ3n) is 3.00. The summed E-state index contributed by atoms with van der Waals surface area (Å²) in [4.78, 5) is 21.2. The minimum absolute atomic E-state index is 0.0438. The minimum atomic E-state index is -1.10. The lowest BCUT2D eigenvalue weighted by molar-refractivity contribution is -0.385. The van der Waals surface area contributed by atoms with Crippen molar-refractivity contribution in [2.75, 3.05) is 13.2 Å². The molecule has 1 saturated heterocycles. The number of hydrogen-bond donors (Lipinski definition) is 2. The molecule has 1 aromatic rings. The molecule has 0 radical (unpaired) electrons. The van der Waals surface area contributed by atoms with Crippen LogP contribution in [0.25, 0.3) is 0 Å². The number of aromatic carboxylic acids is 1. The molecule has 1 heterocycles. The van der Waals surface area contributed by atoms with Crippen molar-refractivity contribution < 1.29 is 19.6 Å².